The van der Waals surface area contributed by atoms with E-state index in [1.54, 1.807) is 6.07 Å². The molecule has 2 unspecified atom stereocenters. The number of benzene rings is 1. The number of terminal acetylenes is 1. The number of aromatic nitrogens is 3. The fourth-order valence-corrected chi connectivity index (χ4v) is 6.52. The molecule has 1 aromatic carbocycles. The number of nitrogens with one attached hydrogen (secondary N) is 2. The average molecular weight is 567 g/mol. The predicted octanol–water partition coefficient (Wildman–Crippen LogP) is 3.70. The largest absolute Gasteiger partial charge is 0.352 e. The van der Waals surface area contributed by atoms with E-state index in [4.69, 9.17) is 6.42 Å². The van der Waals surface area contributed by atoms with Crippen molar-refractivity contribution in [2.45, 2.75) is 69.6 Å². The van der Waals surface area contributed by atoms with Gasteiger partial charge in [-0.05, 0) is 31.7 Å². The van der Waals surface area contributed by atoms with Crippen molar-refractivity contribution in [3.8, 4) is 12.3 Å². The summed E-state index contributed by atoms with van der Waals surface area (Å²) in [6, 6.07) is 3.71. The van der Waals surface area contributed by atoms with Crippen molar-refractivity contribution in [3.05, 3.63) is 63.5 Å². The summed E-state index contributed by atoms with van der Waals surface area (Å²) in [7, 11) is 1.54. The molecular formula is C29H29F3N6O3. The number of pyridine rings is 1. The lowest BCUT2D eigenvalue weighted by Gasteiger charge is -2.46. The Hall–Kier alpha value is -4.40. The third kappa shape index (κ3) is 4.79. The van der Waals surface area contributed by atoms with Crippen molar-refractivity contribution in [3.63, 3.8) is 0 Å². The number of nitrogens with zero attached hydrogens (tertiary/aromatic N) is 4. The number of carbonyl (C=O) groups excluding carboxylic acids is 2. The van der Waals surface area contributed by atoms with Crippen molar-refractivity contribution in [1.82, 2.24) is 24.8 Å². The molecular weight excluding hydrogens is 537 g/mol. The summed E-state index contributed by atoms with van der Waals surface area (Å²) in [4.78, 5) is 49.0. The molecule has 2 saturated heterocycles. The number of alkyl halides is 2. The first-order valence-corrected chi connectivity index (χ1v) is 13.2. The van der Waals surface area contributed by atoms with Crippen LogP contribution in [-0.2, 0) is 22.2 Å². The smallest absolute Gasteiger partial charge is 0.266 e. The zero-order valence-corrected chi connectivity index (χ0v) is 22.7. The Morgan fingerprint density at radius 3 is 2.39 bits per heavy atom. The Kier molecular flexibility index (Phi) is 7.23. The zero-order valence-electron chi connectivity index (χ0n) is 22.7. The highest BCUT2D eigenvalue weighted by Gasteiger charge is 2.51. The summed E-state index contributed by atoms with van der Waals surface area (Å²) in [5.41, 5.74) is -1.84. The number of hydrogen-bond donors (Lipinski definition) is 2. The standard InChI is InChI=1S/C29H29F3N6O3/c1-5-23(19-7-6-8-20(24(19)30)25(31)32)35-26-21-11-22(28(41)37(4)27(21)34-14-33-26)29(36-15(2)39)12-17-9-10-18(13-29)38(17)16(3)40/h1,6-8,11,14,17-18,23,25H,9-10,12-13H2,2-4H3,(H,36,39)(H,33,34,35)/t17?,18?,23-,29?/m1/s1. The molecule has 2 fully saturated rings. The molecule has 3 atom stereocenters. The highest BCUT2D eigenvalue weighted by Crippen LogP contribution is 2.45. The van der Waals surface area contributed by atoms with Gasteiger partial charge in [0.05, 0.1) is 16.5 Å². The Labute approximate surface area is 234 Å². The third-order valence-corrected chi connectivity index (χ3v) is 8.14. The molecule has 2 aromatic heterocycles. The number of aryl methyl sites for hydroxylation is 1. The number of hydrogen-bond acceptors (Lipinski definition) is 6. The van der Waals surface area contributed by atoms with Crippen molar-refractivity contribution < 1.29 is 22.8 Å². The molecule has 2 N–H and O–H groups in total. The van der Waals surface area contributed by atoms with E-state index in [1.165, 1.54) is 43.9 Å². The van der Waals surface area contributed by atoms with Crippen molar-refractivity contribution in [2.24, 2.45) is 7.05 Å². The molecule has 214 valence electrons. The molecule has 0 spiro atoms. The SMILES string of the molecule is C#C[C@@H](Nc1ncnc2c1cc(C1(NC(C)=O)CC3CCC(C1)N3C(C)=O)c(=O)n2C)c1cccc(C(F)F)c1F. The molecule has 2 aliphatic rings. The summed E-state index contributed by atoms with van der Waals surface area (Å²) >= 11 is 0. The van der Waals surface area contributed by atoms with Crippen LogP contribution in [0.4, 0.5) is 19.0 Å². The van der Waals surface area contributed by atoms with Gasteiger partial charge in [0.2, 0.25) is 11.8 Å². The van der Waals surface area contributed by atoms with Gasteiger partial charge in [-0.2, -0.15) is 0 Å². The number of piperidine rings is 1. The van der Waals surface area contributed by atoms with Gasteiger partial charge >= 0.3 is 0 Å². The van der Waals surface area contributed by atoms with Gasteiger partial charge in [0.1, 0.15) is 29.7 Å². The number of amides is 2. The van der Waals surface area contributed by atoms with Gasteiger partial charge < -0.3 is 15.5 Å². The van der Waals surface area contributed by atoms with Crippen LogP contribution in [0.15, 0.2) is 35.4 Å². The lowest BCUT2D eigenvalue weighted by molar-refractivity contribution is -0.135. The lowest BCUT2D eigenvalue weighted by Crippen LogP contribution is -2.59. The van der Waals surface area contributed by atoms with Crippen molar-refractivity contribution >= 4 is 28.7 Å². The van der Waals surface area contributed by atoms with Crippen LogP contribution in [0, 0.1) is 18.2 Å². The summed E-state index contributed by atoms with van der Waals surface area (Å²) in [6.45, 7) is 2.89. The third-order valence-electron chi connectivity index (χ3n) is 8.14. The van der Waals surface area contributed by atoms with E-state index < -0.39 is 29.4 Å². The maximum Gasteiger partial charge on any atom is 0.266 e. The Morgan fingerprint density at radius 2 is 1.80 bits per heavy atom. The minimum Gasteiger partial charge on any atom is -0.352 e. The molecule has 2 amide bonds. The number of fused-ring (bicyclic) bond motifs is 3. The lowest BCUT2D eigenvalue weighted by atomic mass is 9.77. The summed E-state index contributed by atoms with van der Waals surface area (Å²) in [6.07, 6.45) is 6.07. The van der Waals surface area contributed by atoms with E-state index in [-0.39, 0.29) is 46.5 Å². The minimum absolute atomic E-state index is 0.0521. The highest BCUT2D eigenvalue weighted by molar-refractivity contribution is 5.88. The van der Waals surface area contributed by atoms with Crippen LogP contribution >= 0.6 is 0 Å². The van der Waals surface area contributed by atoms with Gasteiger partial charge in [0.25, 0.3) is 12.0 Å². The molecule has 0 aliphatic carbocycles. The van der Waals surface area contributed by atoms with E-state index in [9.17, 15) is 27.6 Å². The van der Waals surface area contributed by atoms with Crippen LogP contribution in [0.3, 0.4) is 0 Å². The number of anilines is 1. The second-order valence-electron chi connectivity index (χ2n) is 10.7. The monoisotopic (exact) mass is 566 g/mol. The second-order valence-corrected chi connectivity index (χ2v) is 10.7. The molecule has 0 saturated carbocycles. The molecule has 2 bridgehead atoms. The Bertz CT molecular complexity index is 1640. The maximum absolute atomic E-state index is 15.0. The predicted molar refractivity (Wildman–Crippen MR) is 145 cm³/mol. The topological polar surface area (TPSA) is 109 Å². The van der Waals surface area contributed by atoms with Crippen LogP contribution in [0.5, 0.6) is 0 Å². The van der Waals surface area contributed by atoms with Gasteiger partial charge in [-0.3, -0.25) is 19.0 Å². The fourth-order valence-electron chi connectivity index (χ4n) is 6.52. The fraction of sp³-hybridized carbons (Fsp3) is 0.414. The Morgan fingerprint density at radius 1 is 1.15 bits per heavy atom. The van der Waals surface area contributed by atoms with Crippen LogP contribution in [0.25, 0.3) is 11.0 Å². The molecule has 4 heterocycles. The van der Waals surface area contributed by atoms with E-state index in [1.807, 2.05) is 4.90 Å². The van der Waals surface area contributed by atoms with E-state index in [2.05, 4.69) is 26.5 Å². The molecule has 41 heavy (non-hydrogen) atoms. The van der Waals surface area contributed by atoms with Gasteiger partial charge in [0, 0.05) is 44.1 Å². The van der Waals surface area contributed by atoms with E-state index >= 15 is 0 Å². The number of carbonyl (C=O) groups is 2. The van der Waals surface area contributed by atoms with Gasteiger partial charge in [0.15, 0.2) is 0 Å². The number of halogens is 3. The van der Waals surface area contributed by atoms with Crippen LogP contribution < -0.4 is 16.2 Å². The van der Waals surface area contributed by atoms with Gasteiger partial charge in [-0.25, -0.2) is 23.1 Å². The molecule has 5 rings (SSSR count). The van der Waals surface area contributed by atoms with Crippen molar-refractivity contribution in [1.29, 1.82) is 0 Å². The molecule has 0 radical (unpaired) electrons. The van der Waals surface area contributed by atoms with Gasteiger partial charge in [-0.1, -0.05) is 24.1 Å². The normalized spacial score (nSPS) is 22.4. The van der Waals surface area contributed by atoms with E-state index in [0.29, 0.717) is 23.8 Å². The molecule has 12 heteroatoms. The van der Waals surface area contributed by atoms with Crippen LogP contribution in [0.2, 0.25) is 0 Å². The summed E-state index contributed by atoms with van der Waals surface area (Å²) in [5.74, 6) is 1.04. The highest BCUT2D eigenvalue weighted by atomic mass is 19.3. The first-order valence-electron chi connectivity index (χ1n) is 13.2. The molecule has 3 aromatic rings. The quantitative estimate of drug-likeness (QED) is 0.441. The minimum atomic E-state index is -3.03. The Balaban J connectivity index is 1.64. The maximum atomic E-state index is 15.0. The first-order chi connectivity index (χ1) is 19.5. The van der Waals surface area contributed by atoms with Crippen LogP contribution in [0.1, 0.15) is 68.7 Å². The summed E-state index contributed by atoms with van der Waals surface area (Å²) in [5, 5.41) is 6.33. The van der Waals surface area contributed by atoms with Crippen LogP contribution in [-0.4, -0.2) is 43.3 Å². The molecule has 9 nitrogen and oxygen atoms in total. The van der Waals surface area contributed by atoms with E-state index in [0.717, 1.165) is 18.9 Å². The molecule has 2 aliphatic heterocycles. The summed E-state index contributed by atoms with van der Waals surface area (Å²) < 4.78 is 43.0. The second kappa shape index (κ2) is 10.5. The first kappa shape index (κ1) is 28.1. The van der Waals surface area contributed by atoms with Crippen molar-refractivity contribution in [2.75, 3.05) is 5.32 Å². The number of rotatable bonds is 6. The average Bonchev–Trinajstić information content (AvgIpc) is 3.21. The zero-order chi connectivity index (χ0) is 29.6. The van der Waals surface area contributed by atoms with Gasteiger partial charge in [-0.15, -0.1) is 6.42 Å².